The summed E-state index contributed by atoms with van der Waals surface area (Å²) in [7, 11) is -1.65. The molecular weight excluding hydrogens is 320 g/mol. The maximum atomic E-state index is 12.5. The monoisotopic (exact) mass is 336 g/mol. The Balaban J connectivity index is 1.91. The molecule has 1 N–H and O–H groups in total. The van der Waals surface area contributed by atoms with Crippen LogP contribution < -0.4 is 4.72 Å². The minimum atomic E-state index is -3.69. The zero-order valence-electron chi connectivity index (χ0n) is 12.4. The highest BCUT2D eigenvalue weighted by Gasteiger charge is 2.20. The lowest BCUT2D eigenvalue weighted by molar-refractivity contribution is 0.353. The number of nitrogens with zero attached hydrogens (tertiary/aromatic N) is 1. The molecule has 0 fully saturated rings. The lowest BCUT2D eigenvalue weighted by Gasteiger charge is -2.11. The van der Waals surface area contributed by atoms with Crippen LogP contribution in [0, 0.1) is 6.92 Å². The second-order valence-corrected chi connectivity index (χ2v) is 7.75. The molecule has 116 valence electrons. The molecule has 4 nitrogen and oxygen atoms in total. The standard InChI is InChI=1S/C16H17ClN2O2S/c1-11-3-6-16(15(17)7-11)22(20,21)18-14-5-4-12-9-19(2)10-13(12)8-14/h3-8,18H,9-10H2,1-2H3. The highest BCUT2D eigenvalue weighted by Crippen LogP contribution is 2.28. The van der Waals surface area contributed by atoms with E-state index in [0.717, 1.165) is 24.2 Å². The number of rotatable bonds is 3. The van der Waals surface area contributed by atoms with E-state index in [1.54, 1.807) is 18.2 Å². The van der Waals surface area contributed by atoms with Crippen molar-refractivity contribution in [1.29, 1.82) is 0 Å². The first-order chi connectivity index (χ1) is 10.3. The summed E-state index contributed by atoms with van der Waals surface area (Å²) in [6, 6.07) is 10.6. The van der Waals surface area contributed by atoms with Gasteiger partial charge in [0.25, 0.3) is 10.0 Å². The van der Waals surface area contributed by atoms with E-state index in [0.29, 0.717) is 5.69 Å². The molecule has 0 saturated heterocycles. The van der Waals surface area contributed by atoms with Gasteiger partial charge in [0.1, 0.15) is 4.90 Å². The van der Waals surface area contributed by atoms with Gasteiger partial charge in [-0.2, -0.15) is 0 Å². The lowest BCUT2D eigenvalue weighted by Crippen LogP contribution is -2.13. The van der Waals surface area contributed by atoms with Gasteiger partial charge in [-0.25, -0.2) is 8.42 Å². The van der Waals surface area contributed by atoms with E-state index < -0.39 is 10.0 Å². The van der Waals surface area contributed by atoms with Crippen molar-refractivity contribution < 1.29 is 8.42 Å². The zero-order valence-corrected chi connectivity index (χ0v) is 14.0. The number of anilines is 1. The maximum absolute atomic E-state index is 12.5. The summed E-state index contributed by atoms with van der Waals surface area (Å²) in [5, 5.41) is 0.230. The molecule has 0 amide bonds. The van der Waals surface area contributed by atoms with Gasteiger partial charge in [-0.15, -0.1) is 0 Å². The van der Waals surface area contributed by atoms with Gasteiger partial charge in [-0.05, 0) is 54.9 Å². The van der Waals surface area contributed by atoms with Gasteiger partial charge >= 0.3 is 0 Å². The minimum absolute atomic E-state index is 0.0948. The number of hydrogen-bond acceptors (Lipinski definition) is 3. The third kappa shape index (κ3) is 2.97. The van der Waals surface area contributed by atoms with E-state index in [-0.39, 0.29) is 9.92 Å². The normalized spacial score (nSPS) is 14.9. The van der Waals surface area contributed by atoms with Crippen molar-refractivity contribution in [3.63, 3.8) is 0 Å². The van der Waals surface area contributed by atoms with Gasteiger partial charge < -0.3 is 0 Å². The Morgan fingerprint density at radius 2 is 1.82 bits per heavy atom. The predicted molar refractivity (Wildman–Crippen MR) is 88.6 cm³/mol. The van der Waals surface area contributed by atoms with Crippen molar-refractivity contribution in [1.82, 2.24) is 4.90 Å². The van der Waals surface area contributed by atoms with Crippen LogP contribution in [-0.4, -0.2) is 20.4 Å². The molecule has 0 saturated carbocycles. The Morgan fingerprint density at radius 3 is 2.55 bits per heavy atom. The summed E-state index contributed by atoms with van der Waals surface area (Å²) in [6.45, 7) is 3.59. The van der Waals surface area contributed by atoms with E-state index in [2.05, 4.69) is 9.62 Å². The number of nitrogens with one attached hydrogen (secondary N) is 1. The van der Waals surface area contributed by atoms with Crippen molar-refractivity contribution >= 4 is 27.3 Å². The Morgan fingerprint density at radius 1 is 1.09 bits per heavy atom. The van der Waals surface area contributed by atoms with Crippen molar-refractivity contribution in [3.8, 4) is 0 Å². The molecule has 0 radical (unpaired) electrons. The van der Waals surface area contributed by atoms with Crippen LogP contribution in [0.4, 0.5) is 5.69 Å². The van der Waals surface area contributed by atoms with Gasteiger partial charge in [0, 0.05) is 18.8 Å². The molecule has 0 aromatic heterocycles. The topological polar surface area (TPSA) is 49.4 Å². The number of fused-ring (bicyclic) bond motifs is 1. The van der Waals surface area contributed by atoms with Crippen LogP contribution in [0.2, 0.25) is 5.02 Å². The number of hydrogen-bond donors (Lipinski definition) is 1. The Bertz CT molecular complexity index is 834. The van der Waals surface area contributed by atoms with Gasteiger partial charge in [-0.3, -0.25) is 9.62 Å². The molecule has 2 aromatic carbocycles. The fourth-order valence-electron chi connectivity index (χ4n) is 2.66. The average molecular weight is 337 g/mol. The number of sulfonamides is 1. The van der Waals surface area contributed by atoms with E-state index in [4.69, 9.17) is 11.6 Å². The summed E-state index contributed by atoms with van der Waals surface area (Å²) in [5.74, 6) is 0. The highest BCUT2D eigenvalue weighted by atomic mass is 35.5. The third-order valence-corrected chi connectivity index (χ3v) is 5.58. The van der Waals surface area contributed by atoms with Crippen LogP contribution in [0.25, 0.3) is 0 Å². The summed E-state index contributed by atoms with van der Waals surface area (Å²) >= 11 is 6.07. The fourth-order valence-corrected chi connectivity index (χ4v) is 4.31. The van der Waals surface area contributed by atoms with Crippen LogP contribution >= 0.6 is 11.6 Å². The molecule has 0 bridgehead atoms. The smallest absolute Gasteiger partial charge is 0.263 e. The van der Waals surface area contributed by atoms with E-state index in [1.165, 1.54) is 11.6 Å². The second-order valence-electron chi connectivity index (χ2n) is 5.70. The zero-order chi connectivity index (χ0) is 15.9. The SMILES string of the molecule is Cc1ccc(S(=O)(=O)Nc2ccc3c(c2)CN(C)C3)c(Cl)c1. The molecule has 2 aromatic rings. The predicted octanol–water partition coefficient (Wildman–Crippen LogP) is 3.39. The van der Waals surface area contributed by atoms with Crippen LogP contribution in [0.3, 0.4) is 0 Å². The van der Waals surface area contributed by atoms with Crippen molar-refractivity contribution in [2.24, 2.45) is 0 Å². The Kier molecular flexibility index (Phi) is 3.89. The maximum Gasteiger partial charge on any atom is 0.263 e. The number of benzene rings is 2. The van der Waals surface area contributed by atoms with Gasteiger partial charge in [0.15, 0.2) is 0 Å². The largest absolute Gasteiger partial charge is 0.298 e. The summed E-state index contributed by atoms with van der Waals surface area (Å²) in [5.41, 5.74) is 3.87. The molecule has 0 spiro atoms. The first-order valence-corrected chi connectivity index (χ1v) is 8.80. The van der Waals surface area contributed by atoms with E-state index in [9.17, 15) is 8.42 Å². The van der Waals surface area contributed by atoms with Crippen LogP contribution in [0.5, 0.6) is 0 Å². The van der Waals surface area contributed by atoms with Crippen molar-refractivity contribution in [2.45, 2.75) is 24.9 Å². The highest BCUT2D eigenvalue weighted by molar-refractivity contribution is 7.92. The molecule has 6 heteroatoms. The van der Waals surface area contributed by atoms with E-state index >= 15 is 0 Å². The molecular formula is C16H17ClN2O2S. The van der Waals surface area contributed by atoms with Crippen LogP contribution in [0.15, 0.2) is 41.3 Å². The van der Waals surface area contributed by atoms with E-state index in [1.807, 2.05) is 26.1 Å². The van der Waals surface area contributed by atoms with Crippen molar-refractivity contribution in [3.05, 3.63) is 58.1 Å². The number of aryl methyl sites for hydroxylation is 1. The van der Waals surface area contributed by atoms with Gasteiger partial charge in [0.2, 0.25) is 0 Å². The molecule has 1 heterocycles. The fraction of sp³-hybridized carbons (Fsp3) is 0.250. The Hall–Kier alpha value is -1.56. The lowest BCUT2D eigenvalue weighted by atomic mass is 10.1. The van der Waals surface area contributed by atoms with Crippen LogP contribution in [-0.2, 0) is 23.1 Å². The molecule has 1 aliphatic heterocycles. The molecule has 22 heavy (non-hydrogen) atoms. The molecule has 1 aliphatic rings. The quantitative estimate of drug-likeness (QED) is 0.934. The van der Waals surface area contributed by atoms with Gasteiger partial charge in [0.05, 0.1) is 5.02 Å². The molecule has 0 unspecified atom stereocenters. The minimum Gasteiger partial charge on any atom is -0.298 e. The van der Waals surface area contributed by atoms with Crippen LogP contribution in [0.1, 0.15) is 16.7 Å². The Labute approximate surface area is 135 Å². The summed E-state index contributed by atoms with van der Waals surface area (Å²) in [6.07, 6.45) is 0. The number of halogens is 1. The van der Waals surface area contributed by atoms with Crippen molar-refractivity contribution in [2.75, 3.05) is 11.8 Å². The first-order valence-electron chi connectivity index (χ1n) is 6.94. The molecule has 3 rings (SSSR count). The molecule has 0 atom stereocenters. The average Bonchev–Trinajstić information content (AvgIpc) is 2.77. The summed E-state index contributed by atoms with van der Waals surface area (Å²) < 4.78 is 27.6. The first kappa shape index (κ1) is 15.3. The summed E-state index contributed by atoms with van der Waals surface area (Å²) in [4.78, 5) is 2.28. The second kappa shape index (κ2) is 5.57. The third-order valence-electron chi connectivity index (χ3n) is 3.72. The molecule has 0 aliphatic carbocycles. The van der Waals surface area contributed by atoms with Gasteiger partial charge in [-0.1, -0.05) is 23.7 Å².